The molecule has 0 amide bonds. The molecule has 2 aromatic rings. The Morgan fingerprint density at radius 2 is 2.35 bits per heavy atom. The number of nitrogens with one attached hydrogen (secondary N) is 1. The third kappa shape index (κ3) is 2.66. The molecule has 20 heavy (non-hydrogen) atoms. The van der Waals surface area contributed by atoms with Crippen molar-refractivity contribution >= 4 is 5.82 Å². The molecule has 1 saturated heterocycles. The third-order valence-corrected chi connectivity index (χ3v) is 3.76. The number of pyridine rings is 1. The molecular formula is C14H19N5O. The largest absolute Gasteiger partial charge is 0.384 e. The molecule has 1 aliphatic heterocycles. The maximum absolute atomic E-state index is 5.74. The zero-order chi connectivity index (χ0) is 13.9. The molecule has 1 fully saturated rings. The number of methoxy groups -OCH3 is 1. The number of hydrogen-bond acceptors (Lipinski definition) is 5. The second kappa shape index (κ2) is 5.60. The molecule has 1 aliphatic rings. The van der Waals surface area contributed by atoms with Crippen LogP contribution in [0.25, 0.3) is 0 Å². The lowest BCUT2D eigenvalue weighted by molar-refractivity contribution is 0.107. The minimum absolute atomic E-state index is 0.240. The van der Waals surface area contributed by atoms with Gasteiger partial charge in [-0.25, -0.2) is 9.97 Å². The number of aromatic amines is 1. The molecular weight excluding hydrogens is 254 g/mol. The van der Waals surface area contributed by atoms with Gasteiger partial charge in [-0.15, -0.1) is 0 Å². The number of H-pyrrole nitrogens is 1. The van der Waals surface area contributed by atoms with Gasteiger partial charge in [0, 0.05) is 38.8 Å². The van der Waals surface area contributed by atoms with E-state index in [0.29, 0.717) is 5.82 Å². The van der Waals surface area contributed by atoms with E-state index in [1.165, 1.54) is 0 Å². The summed E-state index contributed by atoms with van der Waals surface area (Å²) in [5.74, 6) is 1.55. The average Bonchev–Trinajstić information content (AvgIpc) is 3.07. The predicted octanol–water partition coefficient (Wildman–Crippen LogP) is 1.35. The second-order valence-electron chi connectivity index (χ2n) is 5.10. The first-order chi connectivity index (χ1) is 9.76. The van der Waals surface area contributed by atoms with Crippen LogP contribution in [-0.2, 0) is 11.3 Å². The number of likely N-dealkylation sites (tertiary alicyclic amines) is 1. The lowest BCUT2D eigenvalue weighted by Crippen LogP contribution is -2.25. The zero-order valence-corrected chi connectivity index (χ0v) is 11.5. The molecule has 6 nitrogen and oxygen atoms in total. The highest BCUT2D eigenvalue weighted by Crippen LogP contribution is 2.32. The lowest BCUT2D eigenvalue weighted by atomic mass is 10.1. The Morgan fingerprint density at radius 3 is 3.05 bits per heavy atom. The van der Waals surface area contributed by atoms with Crippen LogP contribution in [0, 0.1) is 0 Å². The molecule has 2 aromatic heterocycles. The van der Waals surface area contributed by atoms with Crippen LogP contribution in [0.2, 0.25) is 0 Å². The molecule has 3 N–H and O–H groups in total. The van der Waals surface area contributed by atoms with Gasteiger partial charge in [0.1, 0.15) is 11.6 Å². The molecule has 0 bridgehead atoms. The highest BCUT2D eigenvalue weighted by molar-refractivity contribution is 5.31. The van der Waals surface area contributed by atoms with Crippen LogP contribution >= 0.6 is 0 Å². The molecule has 0 spiro atoms. The van der Waals surface area contributed by atoms with E-state index in [2.05, 4.69) is 19.9 Å². The monoisotopic (exact) mass is 273 g/mol. The van der Waals surface area contributed by atoms with Gasteiger partial charge in [-0.05, 0) is 24.1 Å². The number of hydrogen-bond donors (Lipinski definition) is 2. The molecule has 3 heterocycles. The first kappa shape index (κ1) is 13.1. The summed E-state index contributed by atoms with van der Waals surface area (Å²) in [6, 6.07) is 4.17. The minimum Gasteiger partial charge on any atom is -0.384 e. The number of ether oxygens (including phenoxy) is 1. The van der Waals surface area contributed by atoms with E-state index < -0.39 is 0 Å². The average molecular weight is 273 g/mol. The molecule has 1 unspecified atom stereocenters. The maximum atomic E-state index is 5.74. The summed E-state index contributed by atoms with van der Waals surface area (Å²) < 4.78 is 5.51. The fourth-order valence-electron chi connectivity index (χ4n) is 2.78. The molecule has 3 rings (SSSR count). The van der Waals surface area contributed by atoms with E-state index in [9.17, 15) is 0 Å². The van der Waals surface area contributed by atoms with Crippen LogP contribution in [0.1, 0.15) is 23.9 Å². The number of anilines is 1. The Balaban J connectivity index is 1.79. The molecule has 2 atom stereocenters. The molecule has 0 aromatic carbocycles. The van der Waals surface area contributed by atoms with Gasteiger partial charge in [-0.3, -0.25) is 4.90 Å². The molecule has 0 saturated carbocycles. The van der Waals surface area contributed by atoms with Gasteiger partial charge in [0.25, 0.3) is 0 Å². The molecule has 0 radical (unpaired) electrons. The number of imidazole rings is 1. The van der Waals surface area contributed by atoms with Gasteiger partial charge >= 0.3 is 0 Å². The van der Waals surface area contributed by atoms with E-state index in [1.807, 2.05) is 18.3 Å². The van der Waals surface area contributed by atoms with Crippen molar-refractivity contribution in [1.29, 1.82) is 0 Å². The molecule has 106 valence electrons. The van der Waals surface area contributed by atoms with E-state index in [-0.39, 0.29) is 12.1 Å². The standard InChI is InChI=1S/C14H19N5O/c1-20-11-7-12(14-17-4-5-18-14)19(9-11)8-10-2-3-16-13(15)6-10/h2-6,11-12H,7-9H2,1H3,(H2,15,16)(H,17,18)/t11-,12?/m1/s1. The SMILES string of the molecule is CO[C@@H]1CC(c2ncc[nH]2)N(Cc2ccnc(N)c2)C1. The number of nitrogens with zero attached hydrogens (tertiary/aromatic N) is 3. The summed E-state index contributed by atoms with van der Waals surface area (Å²) in [7, 11) is 1.76. The highest BCUT2D eigenvalue weighted by atomic mass is 16.5. The summed E-state index contributed by atoms with van der Waals surface area (Å²) in [6.45, 7) is 1.71. The van der Waals surface area contributed by atoms with Crippen molar-refractivity contribution in [2.24, 2.45) is 0 Å². The van der Waals surface area contributed by atoms with E-state index in [4.69, 9.17) is 10.5 Å². The van der Waals surface area contributed by atoms with E-state index in [1.54, 1.807) is 19.5 Å². The fraction of sp³-hybridized carbons (Fsp3) is 0.429. The number of nitrogens with two attached hydrogens (primary N) is 1. The van der Waals surface area contributed by atoms with Crippen LogP contribution in [0.15, 0.2) is 30.7 Å². The summed E-state index contributed by atoms with van der Waals surface area (Å²) in [5.41, 5.74) is 6.90. The fourth-order valence-corrected chi connectivity index (χ4v) is 2.78. The van der Waals surface area contributed by atoms with Crippen LogP contribution in [0.5, 0.6) is 0 Å². The summed E-state index contributed by atoms with van der Waals surface area (Å²) in [5, 5.41) is 0. The molecule has 6 heteroatoms. The van der Waals surface area contributed by atoms with Gasteiger partial charge in [-0.2, -0.15) is 0 Å². The number of nitrogen functional groups attached to an aromatic ring is 1. The topological polar surface area (TPSA) is 80.1 Å². The maximum Gasteiger partial charge on any atom is 0.123 e. The number of aromatic nitrogens is 3. The second-order valence-corrected chi connectivity index (χ2v) is 5.10. The van der Waals surface area contributed by atoms with Gasteiger partial charge < -0.3 is 15.5 Å². The van der Waals surface area contributed by atoms with Crippen molar-refractivity contribution in [3.63, 3.8) is 0 Å². The van der Waals surface area contributed by atoms with Crippen LogP contribution in [0.4, 0.5) is 5.82 Å². The Labute approximate surface area is 118 Å². The van der Waals surface area contributed by atoms with Crippen molar-refractivity contribution in [3.05, 3.63) is 42.1 Å². The van der Waals surface area contributed by atoms with E-state index in [0.717, 1.165) is 30.9 Å². The first-order valence-corrected chi connectivity index (χ1v) is 6.73. The molecule has 0 aliphatic carbocycles. The van der Waals surface area contributed by atoms with Gasteiger partial charge in [0.05, 0.1) is 12.1 Å². The van der Waals surface area contributed by atoms with Gasteiger partial charge in [0.2, 0.25) is 0 Å². The smallest absolute Gasteiger partial charge is 0.123 e. The van der Waals surface area contributed by atoms with Crippen molar-refractivity contribution < 1.29 is 4.74 Å². The van der Waals surface area contributed by atoms with Crippen LogP contribution < -0.4 is 5.73 Å². The highest BCUT2D eigenvalue weighted by Gasteiger charge is 2.34. The van der Waals surface area contributed by atoms with Crippen molar-refractivity contribution in [2.75, 3.05) is 19.4 Å². The van der Waals surface area contributed by atoms with Crippen molar-refractivity contribution in [2.45, 2.75) is 25.1 Å². The van der Waals surface area contributed by atoms with Crippen LogP contribution in [0.3, 0.4) is 0 Å². The normalized spacial score (nSPS) is 23.2. The predicted molar refractivity (Wildman–Crippen MR) is 75.8 cm³/mol. The van der Waals surface area contributed by atoms with E-state index >= 15 is 0 Å². The quantitative estimate of drug-likeness (QED) is 0.879. The van der Waals surface area contributed by atoms with Gasteiger partial charge in [0.15, 0.2) is 0 Å². The number of rotatable bonds is 4. The summed E-state index contributed by atoms with van der Waals surface area (Å²) >= 11 is 0. The lowest BCUT2D eigenvalue weighted by Gasteiger charge is -2.22. The Morgan fingerprint density at radius 1 is 1.45 bits per heavy atom. The van der Waals surface area contributed by atoms with Gasteiger partial charge in [-0.1, -0.05) is 0 Å². The third-order valence-electron chi connectivity index (χ3n) is 3.76. The Kier molecular flexibility index (Phi) is 3.66. The minimum atomic E-state index is 0.240. The van der Waals surface area contributed by atoms with Crippen molar-refractivity contribution in [3.8, 4) is 0 Å². The van der Waals surface area contributed by atoms with Crippen LogP contribution in [-0.4, -0.2) is 39.6 Å². The zero-order valence-electron chi connectivity index (χ0n) is 11.5. The Bertz CT molecular complexity index is 556. The van der Waals surface area contributed by atoms with Crippen molar-refractivity contribution in [1.82, 2.24) is 19.9 Å². The summed E-state index contributed by atoms with van der Waals surface area (Å²) in [6.07, 6.45) is 6.58. The summed E-state index contributed by atoms with van der Waals surface area (Å²) in [4.78, 5) is 14.0. The first-order valence-electron chi connectivity index (χ1n) is 6.73. The Hall–Kier alpha value is -1.92.